The van der Waals surface area contributed by atoms with E-state index >= 15 is 0 Å². The monoisotopic (exact) mass is 340 g/mol. The summed E-state index contributed by atoms with van der Waals surface area (Å²) in [6.07, 6.45) is 0. The second-order valence-corrected chi connectivity index (χ2v) is 4.77. The van der Waals surface area contributed by atoms with E-state index in [-0.39, 0.29) is 12.3 Å². The number of benzene rings is 1. The van der Waals surface area contributed by atoms with Gasteiger partial charge in [0.2, 0.25) is 0 Å². The largest absolute Gasteiger partial charge is 0.394 e. The zero-order chi connectivity index (χ0) is 17.6. The summed E-state index contributed by atoms with van der Waals surface area (Å²) in [6, 6.07) is 6.27. The van der Waals surface area contributed by atoms with Gasteiger partial charge in [0, 0.05) is 32.3 Å². The van der Waals surface area contributed by atoms with E-state index in [1.54, 1.807) is 19.2 Å². The van der Waals surface area contributed by atoms with Gasteiger partial charge in [-0.25, -0.2) is 4.99 Å². The highest BCUT2D eigenvalue weighted by molar-refractivity contribution is 5.79. The Labute approximate surface area is 140 Å². The minimum Gasteiger partial charge on any atom is -0.394 e. The van der Waals surface area contributed by atoms with Crippen molar-refractivity contribution < 1.29 is 19.5 Å². The van der Waals surface area contributed by atoms with Crippen molar-refractivity contribution in [3.05, 3.63) is 39.9 Å². The van der Waals surface area contributed by atoms with E-state index in [1.807, 2.05) is 0 Å². The number of aliphatic hydroxyl groups is 1. The molecule has 1 aromatic carbocycles. The summed E-state index contributed by atoms with van der Waals surface area (Å²) in [7, 11) is 1.62. The number of nitrogens with one attached hydrogen (secondary N) is 2. The van der Waals surface area contributed by atoms with Gasteiger partial charge >= 0.3 is 0 Å². The van der Waals surface area contributed by atoms with Crippen LogP contribution in [0.2, 0.25) is 0 Å². The molecule has 0 atom stereocenters. The predicted molar refractivity (Wildman–Crippen MR) is 90.0 cm³/mol. The highest BCUT2D eigenvalue weighted by Crippen LogP contribution is 2.12. The van der Waals surface area contributed by atoms with Crippen LogP contribution in [0.5, 0.6) is 0 Å². The lowest BCUT2D eigenvalue weighted by Gasteiger charge is -2.12. The second-order valence-electron chi connectivity index (χ2n) is 4.77. The minimum absolute atomic E-state index is 0.00677. The number of hydrogen-bond donors (Lipinski definition) is 3. The number of ether oxygens (including phenoxy) is 2. The number of non-ortho nitro benzene ring substituents is 1. The van der Waals surface area contributed by atoms with Crippen molar-refractivity contribution in [2.24, 2.45) is 4.99 Å². The van der Waals surface area contributed by atoms with E-state index < -0.39 is 4.92 Å². The average molecular weight is 340 g/mol. The fourth-order valence-corrected chi connectivity index (χ4v) is 1.75. The summed E-state index contributed by atoms with van der Waals surface area (Å²) >= 11 is 0. The molecule has 0 aromatic heterocycles. The molecule has 9 nitrogen and oxygen atoms in total. The van der Waals surface area contributed by atoms with E-state index in [2.05, 4.69) is 15.6 Å². The Morgan fingerprint density at radius 1 is 1.21 bits per heavy atom. The topological polar surface area (TPSA) is 118 Å². The summed E-state index contributed by atoms with van der Waals surface area (Å²) in [4.78, 5) is 14.6. The van der Waals surface area contributed by atoms with Gasteiger partial charge in [0.15, 0.2) is 5.96 Å². The van der Waals surface area contributed by atoms with Gasteiger partial charge in [0.25, 0.3) is 5.69 Å². The molecule has 0 heterocycles. The molecular weight excluding hydrogens is 316 g/mol. The van der Waals surface area contributed by atoms with Crippen LogP contribution < -0.4 is 10.6 Å². The first kappa shape index (κ1) is 19.8. The number of nitrogens with zero attached hydrogens (tertiary/aromatic N) is 2. The van der Waals surface area contributed by atoms with Gasteiger partial charge in [-0.1, -0.05) is 12.1 Å². The Bertz CT molecular complexity index is 507. The summed E-state index contributed by atoms with van der Waals surface area (Å²) in [5, 5.41) is 25.5. The Kier molecular flexibility index (Phi) is 10.1. The average Bonchev–Trinajstić information content (AvgIpc) is 2.59. The highest BCUT2D eigenvalue weighted by Gasteiger charge is 2.04. The SMILES string of the molecule is COCCNC(=NCc1ccc([N+](=O)[O-])cc1)NCCOCCO. The number of aliphatic imine (C=N–C) groups is 1. The van der Waals surface area contributed by atoms with Crippen molar-refractivity contribution in [1.82, 2.24) is 10.6 Å². The number of rotatable bonds is 11. The molecule has 0 amide bonds. The van der Waals surface area contributed by atoms with Gasteiger partial charge in [-0.3, -0.25) is 10.1 Å². The Morgan fingerprint density at radius 2 is 1.88 bits per heavy atom. The number of nitro benzene ring substituents is 1. The van der Waals surface area contributed by atoms with Gasteiger partial charge in [0.1, 0.15) is 0 Å². The lowest BCUT2D eigenvalue weighted by atomic mass is 10.2. The van der Waals surface area contributed by atoms with Crippen molar-refractivity contribution in [2.45, 2.75) is 6.54 Å². The van der Waals surface area contributed by atoms with Crippen molar-refractivity contribution in [3.63, 3.8) is 0 Å². The fraction of sp³-hybridized carbons (Fsp3) is 0.533. The molecule has 0 saturated heterocycles. The number of aliphatic hydroxyl groups excluding tert-OH is 1. The van der Waals surface area contributed by atoms with Crippen LogP contribution in [-0.2, 0) is 16.0 Å². The third-order valence-corrected chi connectivity index (χ3v) is 2.94. The Hall–Kier alpha value is -2.23. The first-order valence-electron chi connectivity index (χ1n) is 7.60. The lowest BCUT2D eigenvalue weighted by molar-refractivity contribution is -0.384. The smallest absolute Gasteiger partial charge is 0.269 e. The van der Waals surface area contributed by atoms with E-state index in [9.17, 15) is 10.1 Å². The summed E-state index contributed by atoms with van der Waals surface area (Å²) in [5.74, 6) is 0.595. The van der Waals surface area contributed by atoms with E-state index in [0.717, 1.165) is 5.56 Å². The molecule has 0 aliphatic heterocycles. The van der Waals surface area contributed by atoms with Crippen LogP contribution in [0.15, 0.2) is 29.3 Å². The maximum absolute atomic E-state index is 10.6. The maximum Gasteiger partial charge on any atom is 0.269 e. The second kappa shape index (κ2) is 12.2. The molecule has 134 valence electrons. The molecule has 0 saturated carbocycles. The standard InChI is InChI=1S/C15H24N4O5/c1-23-9-6-16-15(17-7-10-24-11-8-20)18-12-13-2-4-14(5-3-13)19(21)22/h2-5,20H,6-12H2,1H3,(H2,16,17,18). The third-order valence-electron chi connectivity index (χ3n) is 2.94. The van der Waals surface area contributed by atoms with Crippen molar-refractivity contribution in [2.75, 3.05) is 46.6 Å². The molecule has 0 unspecified atom stereocenters. The molecule has 0 spiro atoms. The third kappa shape index (κ3) is 8.42. The van der Waals surface area contributed by atoms with Crippen molar-refractivity contribution in [3.8, 4) is 0 Å². The normalized spacial score (nSPS) is 11.3. The van der Waals surface area contributed by atoms with Crippen LogP contribution in [0.3, 0.4) is 0 Å². The molecule has 1 rings (SSSR count). The van der Waals surface area contributed by atoms with E-state index in [0.29, 0.717) is 45.4 Å². The summed E-state index contributed by atoms with van der Waals surface area (Å²) < 4.78 is 10.2. The molecule has 0 radical (unpaired) electrons. The molecule has 9 heteroatoms. The van der Waals surface area contributed by atoms with Crippen LogP contribution >= 0.6 is 0 Å². The highest BCUT2D eigenvalue weighted by atomic mass is 16.6. The van der Waals surface area contributed by atoms with Crippen LogP contribution in [0, 0.1) is 10.1 Å². The fourth-order valence-electron chi connectivity index (χ4n) is 1.75. The molecule has 0 aliphatic rings. The predicted octanol–water partition coefficient (Wildman–Crippen LogP) is 0.285. The van der Waals surface area contributed by atoms with Crippen LogP contribution in [0.4, 0.5) is 5.69 Å². The first-order valence-corrected chi connectivity index (χ1v) is 7.60. The number of hydrogen-bond acceptors (Lipinski definition) is 6. The summed E-state index contributed by atoms with van der Waals surface area (Å²) in [6.45, 7) is 2.81. The zero-order valence-electron chi connectivity index (χ0n) is 13.7. The number of guanidine groups is 1. The molecule has 0 aliphatic carbocycles. The van der Waals surface area contributed by atoms with Gasteiger partial charge in [-0.05, 0) is 5.56 Å². The molecule has 3 N–H and O–H groups in total. The van der Waals surface area contributed by atoms with Crippen LogP contribution in [0.25, 0.3) is 0 Å². The van der Waals surface area contributed by atoms with Gasteiger partial charge in [0.05, 0.1) is 37.9 Å². The maximum atomic E-state index is 10.6. The van der Waals surface area contributed by atoms with E-state index in [1.165, 1.54) is 12.1 Å². The molecule has 0 bridgehead atoms. The Balaban J connectivity index is 2.52. The van der Waals surface area contributed by atoms with Gasteiger partial charge < -0.3 is 25.2 Å². The van der Waals surface area contributed by atoms with Crippen molar-refractivity contribution >= 4 is 11.6 Å². The molecule has 0 fully saturated rings. The van der Waals surface area contributed by atoms with Gasteiger partial charge in [-0.15, -0.1) is 0 Å². The van der Waals surface area contributed by atoms with Crippen LogP contribution in [-0.4, -0.2) is 62.6 Å². The quantitative estimate of drug-likeness (QED) is 0.174. The van der Waals surface area contributed by atoms with Crippen molar-refractivity contribution in [1.29, 1.82) is 0 Å². The lowest BCUT2D eigenvalue weighted by Crippen LogP contribution is -2.40. The number of methoxy groups -OCH3 is 1. The minimum atomic E-state index is -0.432. The van der Waals surface area contributed by atoms with Gasteiger partial charge in [-0.2, -0.15) is 0 Å². The molecule has 24 heavy (non-hydrogen) atoms. The first-order chi connectivity index (χ1) is 11.7. The van der Waals surface area contributed by atoms with E-state index in [4.69, 9.17) is 14.6 Å². The Morgan fingerprint density at radius 3 is 2.46 bits per heavy atom. The van der Waals surface area contributed by atoms with Crippen LogP contribution in [0.1, 0.15) is 5.56 Å². The zero-order valence-corrected chi connectivity index (χ0v) is 13.7. The molecule has 1 aromatic rings. The summed E-state index contributed by atoms with van der Waals surface area (Å²) in [5.41, 5.74) is 0.922. The molecular formula is C15H24N4O5. The number of nitro groups is 1.